The van der Waals surface area contributed by atoms with Gasteiger partial charge < -0.3 is 4.74 Å². The number of carbonyl (C=O) groups is 2. The lowest BCUT2D eigenvalue weighted by atomic mass is 9.98. The largest absolute Gasteiger partial charge is 0.460 e. The van der Waals surface area contributed by atoms with E-state index in [2.05, 4.69) is 6.92 Å². The summed E-state index contributed by atoms with van der Waals surface area (Å²) in [6.45, 7) is 9.64. The lowest BCUT2D eigenvalue weighted by Crippen LogP contribution is -2.25. The SMILES string of the molecule is CCCC(=O)/C=C/C(CCC)CC(=O)OC(C)(C)C. The van der Waals surface area contributed by atoms with Crippen LogP contribution in [-0.4, -0.2) is 17.4 Å². The van der Waals surface area contributed by atoms with E-state index < -0.39 is 5.60 Å². The van der Waals surface area contributed by atoms with Gasteiger partial charge in [-0.15, -0.1) is 0 Å². The second-order valence-corrected chi connectivity index (χ2v) is 5.91. The maximum absolute atomic E-state index is 11.8. The second-order valence-electron chi connectivity index (χ2n) is 5.91. The Morgan fingerprint density at radius 3 is 2.26 bits per heavy atom. The Kier molecular flexibility index (Phi) is 8.37. The van der Waals surface area contributed by atoms with Crippen molar-refractivity contribution in [1.29, 1.82) is 0 Å². The molecule has 19 heavy (non-hydrogen) atoms. The van der Waals surface area contributed by atoms with Crippen molar-refractivity contribution in [2.24, 2.45) is 5.92 Å². The topological polar surface area (TPSA) is 43.4 Å². The van der Waals surface area contributed by atoms with Crippen molar-refractivity contribution in [1.82, 2.24) is 0 Å². The molecule has 0 rings (SSSR count). The molecule has 0 saturated heterocycles. The summed E-state index contributed by atoms with van der Waals surface area (Å²) in [6.07, 6.45) is 7.14. The van der Waals surface area contributed by atoms with E-state index in [-0.39, 0.29) is 17.7 Å². The number of ketones is 1. The number of rotatable bonds is 8. The van der Waals surface area contributed by atoms with Gasteiger partial charge in [-0.2, -0.15) is 0 Å². The number of allylic oxidation sites excluding steroid dienone is 2. The molecule has 0 spiro atoms. The van der Waals surface area contributed by atoms with Gasteiger partial charge in [-0.3, -0.25) is 9.59 Å². The van der Waals surface area contributed by atoms with E-state index in [0.29, 0.717) is 12.8 Å². The molecular weight excluding hydrogens is 240 g/mol. The molecule has 0 aromatic heterocycles. The van der Waals surface area contributed by atoms with Gasteiger partial charge in [0.05, 0.1) is 6.42 Å². The Bertz CT molecular complexity index is 310. The average molecular weight is 268 g/mol. The number of carbonyl (C=O) groups excluding carboxylic acids is 2. The van der Waals surface area contributed by atoms with Gasteiger partial charge in [0, 0.05) is 6.42 Å². The Morgan fingerprint density at radius 1 is 1.16 bits per heavy atom. The summed E-state index contributed by atoms with van der Waals surface area (Å²) in [5.41, 5.74) is -0.449. The summed E-state index contributed by atoms with van der Waals surface area (Å²) in [6, 6.07) is 0. The molecule has 0 amide bonds. The van der Waals surface area contributed by atoms with Crippen LogP contribution in [0.5, 0.6) is 0 Å². The molecule has 3 heteroatoms. The Morgan fingerprint density at radius 2 is 1.79 bits per heavy atom. The summed E-state index contributed by atoms with van der Waals surface area (Å²) < 4.78 is 5.31. The van der Waals surface area contributed by atoms with Crippen LogP contribution in [0.1, 0.15) is 66.7 Å². The van der Waals surface area contributed by atoms with Crippen molar-refractivity contribution in [3.63, 3.8) is 0 Å². The summed E-state index contributed by atoms with van der Waals surface area (Å²) in [5, 5.41) is 0. The lowest BCUT2D eigenvalue weighted by Gasteiger charge is -2.21. The first-order valence-electron chi connectivity index (χ1n) is 7.21. The van der Waals surface area contributed by atoms with Gasteiger partial charge in [0.15, 0.2) is 5.78 Å². The van der Waals surface area contributed by atoms with Crippen LogP contribution in [-0.2, 0) is 14.3 Å². The molecule has 0 radical (unpaired) electrons. The first kappa shape index (κ1) is 17.9. The maximum atomic E-state index is 11.8. The zero-order valence-corrected chi connectivity index (χ0v) is 13.0. The van der Waals surface area contributed by atoms with Crippen LogP contribution in [0.15, 0.2) is 12.2 Å². The highest BCUT2D eigenvalue weighted by Gasteiger charge is 2.19. The fourth-order valence-corrected chi connectivity index (χ4v) is 1.81. The van der Waals surface area contributed by atoms with E-state index in [0.717, 1.165) is 19.3 Å². The summed E-state index contributed by atoms with van der Waals surface area (Å²) in [4.78, 5) is 23.2. The van der Waals surface area contributed by atoms with E-state index in [1.807, 2.05) is 33.8 Å². The Balaban J connectivity index is 4.40. The average Bonchev–Trinajstić information content (AvgIpc) is 2.24. The Labute approximate surface area is 117 Å². The third-order valence-electron chi connectivity index (χ3n) is 2.56. The molecule has 0 fully saturated rings. The van der Waals surface area contributed by atoms with E-state index in [4.69, 9.17) is 4.74 Å². The van der Waals surface area contributed by atoms with E-state index in [9.17, 15) is 9.59 Å². The molecule has 0 aliphatic heterocycles. The first-order chi connectivity index (χ1) is 8.78. The Hall–Kier alpha value is -1.12. The van der Waals surface area contributed by atoms with E-state index >= 15 is 0 Å². The highest BCUT2D eigenvalue weighted by atomic mass is 16.6. The van der Waals surface area contributed by atoms with Gasteiger partial charge in [0.1, 0.15) is 5.60 Å². The molecule has 0 saturated carbocycles. The van der Waals surface area contributed by atoms with Gasteiger partial charge in [-0.05, 0) is 45.6 Å². The minimum absolute atomic E-state index is 0.0978. The molecule has 0 aliphatic carbocycles. The standard InChI is InChI=1S/C16H28O3/c1-6-8-13(10-11-14(17)9-7-2)12-15(18)19-16(3,4)5/h10-11,13H,6-9,12H2,1-5H3/b11-10+. The van der Waals surface area contributed by atoms with E-state index in [1.165, 1.54) is 0 Å². The van der Waals surface area contributed by atoms with Gasteiger partial charge >= 0.3 is 5.97 Å². The van der Waals surface area contributed by atoms with Crippen LogP contribution in [0.4, 0.5) is 0 Å². The van der Waals surface area contributed by atoms with Crippen molar-refractivity contribution in [3.05, 3.63) is 12.2 Å². The predicted molar refractivity (Wildman–Crippen MR) is 77.9 cm³/mol. The van der Waals surface area contributed by atoms with Gasteiger partial charge in [-0.1, -0.05) is 26.3 Å². The summed E-state index contributed by atoms with van der Waals surface area (Å²) in [5.74, 6) is 0.0342. The summed E-state index contributed by atoms with van der Waals surface area (Å²) >= 11 is 0. The third-order valence-corrected chi connectivity index (χ3v) is 2.56. The van der Waals surface area contributed by atoms with Gasteiger partial charge in [0.25, 0.3) is 0 Å². The quantitative estimate of drug-likeness (QED) is 0.492. The summed E-state index contributed by atoms with van der Waals surface area (Å²) in [7, 11) is 0. The van der Waals surface area contributed by atoms with Crippen LogP contribution in [0.2, 0.25) is 0 Å². The zero-order valence-electron chi connectivity index (χ0n) is 13.0. The van der Waals surface area contributed by atoms with Crippen molar-refractivity contribution < 1.29 is 14.3 Å². The number of esters is 1. The molecule has 0 aromatic rings. The predicted octanol–water partition coefficient (Wildman–Crippen LogP) is 4.06. The highest BCUT2D eigenvalue weighted by molar-refractivity contribution is 5.89. The maximum Gasteiger partial charge on any atom is 0.306 e. The molecule has 0 N–H and O–H groups in total. The highest BCUT2D eigenvalue weighted by Crippen LogP contribution is 2.17. The van der Waals surface area contributed by atoms with Crippen LogP contribution < -0.4 is 0 Å². The van der Waals surface area contributed by atoms with E-state index in [1.54, 1.807) is 6.08 Å². The fraction of sp³-hybridized carbons (Fsp3) is 0.750. The van der Waals surface area contributed by atoms with Crippen LogP contribution in [0, 0.1) is 5.92 Å². The van der Waals surface area contributed by atoms with Gasteiger partial charge in [-0.25, -0.2) is 0 Å². The van der Waals surface area contributed by atoms with Crippen LogP contribution in [0.3, 0.4) is 0 Å². The lowest BCUT2D eigenvalue weighted by molar-refractivity contribution is -0.155. The smallest absolute Gasteiger partial charge is 0.306 e. The fourth-order valence-electron chi connectivity index (χ4n) is 1.81. The third kappa shape index (κ3) is 10.5. The number of ether oxygens (including phenoxy) is 1. The molecule has 3 nitrogen and oxygen atoms in total. The van der Waals surface area contributed by atoms with Crippen LogP contribution in [0.25, 0.3) is 0 Å². The first-order valence-corrected chi connectivity index (χ1v) is 7.21. The molecule has 0 heterocycles. The molecular formula is C16H28O3. The van der Waals surface area contributed by atoms with Crippen molar-refractivity contribution in [2.45, 2.75) is 72.3 Å². The second kappa shape index (κ2) is 8.89. The van der Waals surface area contributed by atoms with Crippen molar-refractivity contribution >= 4 is 11.8 Å². The normalized spacial score (nSPS) is 13.5. The minimum Gasteiger partial charge on any atom is -0.460 e. The minimum atomic E-state index is -0.449. The number of hydrogen-bond donors (Lipinski definition) is 0. The molecule has 110 valence electrons. The van der Waals surface area contributed by atoms with Crippen LogP contribution >= 0.6 is 0 Å². The molecule has 1 atom stereocenters. The molecule has 1 unspecified atom stereocenters. The van der Waals surface area contributed by atoms with Gasteiger partial charge in [0.2, 0.25) is 0 Å². The molecule has 0 aromatic carbocycles. The van der Waals surface area contributed by atoms with Crippen molar-refractivity contribution in [2.75, 3.05) is 0 Å². The molecule has 0 aliphatic rings. The van der Waals surface area contributed by atoms with Crippen molar-refractivity contribution in [3.8, 4) is 0 Å². The zero-order chi connectivity index (χ0) is 14.9. The monoisotopic (exact) mass is 268 g/mol. The molecule has 0 bridgehead atoms. The number of hydrogen-bond acceptors (Lipinski definition) is 3.